The molecular weight excluding hydrogens is 264 g/mol. The lowest BCUT2D eigenvalue weighted by Gasteiger charge is -2.22. The van der Waals surface area contributed by atoms with Crippen LogP contribution in [0.15, 0.2) is 24.3 Å². The van der Waals surface area contributed by atoms with Gasteiger partial charge in [-0.3, -0.25) is 4.79 Å². The minimum absolute atomic E-state index is 0.155. The van der Waals surface area contributed by atoms with Crippen molar-refractivity contribution < 1.29 is 9.53 Å². The van der Waals surface area contributed by atoms with Gasteiger partial charge in [-0.1, -0.05) is 26.0 Å². The van der Waals surface area contributed by atoms with E-state index in [2.05, 4.69) is 13.8 Å². The topological polar surface area (TPSA) is 55.6 Å². The Kier molecular flexibility index (Phi) is 7.23. The highest BCUT2D eigenvalue weighted by Gasteiger charge is 2.17. The maximum atomic E-state index is 12.3. The number of nitrogens with zero attached hydrogens (tertiary/aromatic N) is 1. The van der Waals surface area contributed by atoms with E-state index in [1.807, 2.05) is 31.3 Å². The lowest BCUT2D eigenvalue weighted by Crippen LogP contribution is -2.30. The number of amides is 1. The molecule has 0 radical (unpaired) electrons. The molecule has 0 aromatic heterocycles. The van der Waals surface area contributed by atoms with Crippen molar-refractivity contribution in [2.45, 2.75) is 33.2 Å². The van der Waals surface area contributed by atoms with Gasteiger partial charge in [-0.15, -0.1) is 0 Å². The largest absolute Gasteiger partial charge is 0.497 e. The van der Waals surface area contributed by atoms with Crippen molar-refractivity contribution in [2.75, 3.05) is 20.7 Å². The molecule has 1 amide bonds. The second-order valence-electron chi connectivity index (χ2n) is 6.03. The fourth-order valence-corrected chi connectivity index (χ4v) is 2.43. The Balaban J connectivity index is 2.52. The van der Waals surface area contributed by atoms with Gasteiger partial charge in [0, 0.05) is 20.0 Å². The Morgan fingerprint density at radius 1 is 1.29 bits per heavy atom. The molecule has 0 saturated carbocycles. The van der Waals surface area contributed by atoms with Crippen LogP contribution in [-0.2, 0) is 11.3 Å². The summed E-state index contributed by atoms with van der Waals surface area (Å²) < 4.78 is 5.13. The van der Waals surface area contributed by atoms with Gasteiger partial charge in [-0.2, -0.15) is 0 Å². The Hall–Kier alpha value is -1.55. The first-order chi connectivity index (χ1) is 9.96. The van der Waals surface area contributed by atoms with Gasteiger partial charge in [-0.05, 0) is 42.5 Å². The fraction of sp³-hybridized carbons (Fsp3) is 0.588. The van der Waals surface area contributed by atoms with Crippen LogP contribution in [0, 0.1) is 11.8 Å². The lowest BCUT2D eigenvalue weighted by molar-refractivity contribution is -0.131. The standard InChI is InChI=1S/C17H28N2O2/c1-13(2)9-15(11-18)10-17(20)19(3)12-14-5-7-16(21-4)8-6-14/h5-8,13,15H,9-12,18H2,1-4H3/t15-/m0/s1. The van der Waals surface area contributed by atoms with Crippen LogP contribution in [0.25, 0.3) is 0 Å². The van der Waals surface area contributed by atoms with Gasteiger partial charge >= 0.3 is 0 Å². The monoisotopic (exact) mass is 292 g/mol. The predicted molar refractivity (Wildman–Crippen MR) is 86.1 cm³/mol. The molecule has 0 aliphatic rings. The Labute approximate surface area is 128 Å². The number of methoxy groups -OCH3 is 1. The summed E-state index contributed by atoms with van der Waals surface area (Å²) in [6, 6.07) is 7.79. The molecule has 0 heterocycles. The Morgan fingerprint density at radius 2 is 1.90 bits per heavy atom. The summed E-state index contributed by atoms with van der Waals surface area (Å²) in [6.45, 7) is 5.50. The summed E-state index contributed by atoms with van der Waals surface area (Å²) in [4.78, 5) is 14.0. The second-order valence-corrected chi connectivity index (χ2v) is 6.03. The molecule has 4 nitrogen and oxygen atoms in total. The van der Waals surface area contributed by atoms with Crippen molar-refractivity contribution >= 4 is 5.91 Å². The first-order valence-corrected chi connectivity index (χ1v) is 7.53. The fourth-order valence-electron chi connectivity index (χ4n) is 2.43. The average molecular weight is 292 g/mol. The molecule has 0 bridgehead atoms. The highest BCUT2D eigenvalue weighted by molar-refractivity contribution is 5.76. The second kappa shape index (κ2) is 8.67. The molecule has 1 aromatic carbocycles. The van der Waals surface area contributed by atoms with Crippen LogP contribution in [0.2, 0.25) is 0 Å². The summed E-state index contributed by atoms with van der Waals surface area (Å²) in [5.41, 5.74) is 6.87. The van der Waals surface area contributed by atoms with Gasteiger partial charge in [0.1, 0.15) is 5.75 Å². The number of carbonyl (C=O) groups is 1. The molecule has 1 atom stereocenters. The smallest absolute Gasteiger partial charge is 0.222 e. The Bertz CT molecular complexity index is 429. The predicted octanol–water partition coefficient (Wildman–Crippen LogP) is 2.66. The minimum Gasteiger partial charge on any atom is -0.497 e. The number of carbonyl (C=O) groups excluding carboxylic acids is 1. The summed E-state index contributed by atoms with van der Waals surface area (Å²) >= 11 is 0. The van der Waals surface area contributed by atoms with E-state index >= 15 is 0 Å². The van der Waals surface area contributed by atoms with E-state index in [1.165, 1.54) is 0 Å². The maximum Gasteiger partial charge on any atom is 0.222 e. The lowest BCUT2D eigenvalue weighted by atomic mass is 9.94. The van der Waals surface area contributed by atoms with Crippen LogP contribution in [0.4, 0.5) is 0 Å². The molecule has 21 heavy (non-hydrogen) atoms. The molecule has 1 aromatic rings. The molecule has 0 saturated heterocycles. The van der Waals surface area contributed by atoms with E-state index in [4.69, 9.17) is 10.5 Å². The maximum absolute atomic E-state index is 12.3. The zero-order chi connectivity index (χ0) is 15.8. The number of hydrogen-bond acceptors (Lipinski definition) is 3. The van der Waals surface area contributed by atoms with Crippen molar-refractivity contribution in [1.82, 2.24) is 4.90 Å². The SMILES string of the molecule is COc1ccc(CN(C)C(=O)C[C@@H](CN)CC(C)C)cc1. The Morgan fingerprint density at radius 3 is 2.38 bits per heavy atom. The van der Waals surface area contributed by atoms with Crippen LogP contribution >= 0.6 is 0 Å². The van der Waals surface area contributed by atoms with Crippen LogP contribution in [0.5, 0.6) is 5.75 Å². The zero-order valence-electron chi connectivity index (χ0n) is 13.6. The third-order valence-corrected chi connectivity index (χ3v) is 3.61. The van der Waals surface area contributed by atoms with E-state index in [-0.39, 0.29) is 11.8 Å². The molecule has 0 aliphatic carbocycles. The van der Waals surface area contributed by atoms with E-state index in [9.17, 15) is 4.79 Å². The van der Waals surface area contributed by atoms with E-state index < -0.39 is 0 Å². The molecule has 118 valence electrons. The highest BCUT2D eigenvalue weighted by Crippen LogP contribution is 2.17. The molecule has 0 spiro atoms. The molecule has 2 N–H and O–H groups in total. The molecule has 1 rings (SSSR count). The average Bonchev–Trinajstić information content (AvgIpc) is 2.46. The van der Waals surface area contributed by atoms with Crippen LogP contribution in [0.3, 0.4) is 0 Å². The van der Waals surface area contributed by atoms with E-state index in [0.29, 0.717) is 25.4 Å². The summed E-state index contributed by atoms with van der Waals surface area (Å²) in [6.07, 6.45) is 1.53. The van der Waals surface area contributed by atoms with Gasteiger partial charge in [-0.25, -0.2) is 0 Å². The van der Waals surface area contributed by atoms with Gasteiger partial charge < -0.3 is 15.4 Å². The molecular formula is C17H28N2O2. The summed E-state index contributed by atoms with van der Waals surface area (Å²) in [7, 11) is 3.49. The highest BCUT2D eigenvalue weighted by atomic mass is 16.5. The normalized spacial score (nSPS) is 12.3. The number of rotatable bonds is 8. The first-order valence-electron chi connectivity index (χ1n) is 7.53. The number of benzene rings is 1. The minimum atomic E-state index is 0.155. The van der Waals surface area contributed by atoms with Crippen molar-refractivity contribution in [1.29, 1.82) is 0 Å². The van der Waals surface area contributed by atoms with Crippen molar-refractivity contribution in [3.8, 4) is 5.75 Å². The molecule has 4 heteroatoms. The van der Waals surface area contributed by atoms with Gasteiger partial charge in [0.25, 0.3) is 0 Å². The van der Waals surface area contributed by atoms with Gasteiger partial charge in [0.15, 0.2) is 0 Å². The van der Waals surface area contributed by atoms with Gasteiger partial charge in [0.05, 0.1) is 7.11 Å². The molecule has 0 fully saturated rings. The third-order valence-electron chi connectivity index (χ3n) is 3.61. The van der Waals surface area contributed by atoms with Crippen LogP contribution < -0.4 is 10.5 Å². The van der Waals surface area contributed by atoms with Crippen LogP contribution in [-0.4, -0.2) is 31.5 Å². The summed E-state index contributed by atoms with van der Waals surface area (Å²) in [5.74, 6) is 1.82. The van der Waals surface area contributed by atoms with Crippen LogP contribution in [0.1, 0.15) is 32.3 Å². The quantitative estimate of drug-likeness (QED) is 0.801. The molecule has 0 aliphatic heterocycles. The van der Waals surface area contributed by atoms with Gasteiger partial charge in [0.2, 0.25) is 5.91 Å². The van der Waals surface area contributed by atoms with Crippen molar-refractivity contribution in [3.05, 3.63) is 29.8 Å². The zero-order valence-corrected chi connectivity index (χ0v) is 13.6. The summed E-state index contributed by atoms with van der Waals surface area (Å²) in [5, 5.41) is 0. The third kappa shape index (κ3) is 6.17. The van der Waals surface area contributed by atoms with E-state index in [0.717, 1.165) is 17.7 Å². The first kappa shape index (κ1) is 17.5. The molecule has 0 unspecified atom stereocenters. The number of hydrogen-bond donors (Lipinski definition) is 1. The van der Waals surface area contributed by atoms with E-state index in [1.54, 1.807) is 12.0 Å². The van der Waals surface area contributed by atoms with Crippen molar-refractivity contribution in [3.63, 3.8) is 0 Å². The number of ether oxygens (including phenoxy) is 1. The number of nitrogens with two attached hydrogens (primary N) is 1. The van der Waals surface area contributed by atoms with Crippen molar-refractivity contribution in [2.24, 2.45) is 17.6 Å².